The van der Waals surface area contributed by atoms with Crippen molar-refractivity contribution in [1.82, 2.24) is 4.98 Å². The lowest BCUT2D eigenvalue weighted by atomic mass is 10.2. The van der Waals surface area contributed by atoms with Gasteiger partial charge in [-0.1, -0.05) is 35.3 Å². The largest absolute Gasteiger partial charge is 0.497 e. The Hall–Kier alpha value is -2.25. The fourth-order valence-electron chi connectivity index (χ4n) is 3.07. The first kappa shape index (κ1) is 22.0. The molecule has 0 aliphatic carbocycles. The standard InChI is InChI=1S/C23H17Cl2NO3S2/c1-29-18-8-11-21-20(12-18)23(30-14-15-2-4-16(24)5-3-15)22(13-26-21)31(27,28)19-9-6-17(25)7-10-19/h2-13H,14H2,1H3. The van der Waals surface area contributed by atoms with Crippen molar-refractivity contribution in [3.63, 3.8) is 0 Å². The first-order valence-corrected chi connectivity index (χ1v) is 12.5. The van der Waals surface area contributed by atoms with Crippen LogP contribution in [0.1, 0.15) is 5.56 Å². The average molecular weight is 490 g/mol. The molecule has 0 atom stereocenters. The summed E-state index contributed by atoms with van der Waals surface area (Å²) in [5, 5.41) is 1.84. The normalized spacial score (nSPS) is 11.6. The van der Waals surface area contributed by atoms with E-state index in [1.54, 1.807) is 25.3 Å². The summed E-state index contributed by atoms with van der Waals surface area (Å²) < 4.78 is 32.3. The Morgan fingerprint density at radius 1 is 0.935 bits per heavy atom. The topological polar surface area (TPSA) is 56.3 Å². The van der Waals surface area contributed by atoms with E-state index in [9.17, 15) is 8.42 Å². The van der Waals surface area contributed by atoms with Crippen LogP contribution in [0, 0.1) is 0 Å². The molecule has 158 valence electrons. The van der Waals surface area contributed by atoms with E-state index in [4.69, 9.17) is 27.9 Å². The smallest absolute Gasteiger partial charge is 0.209 e. The Labute approximate surface area is 195 Å². The molecule has 0 saturated carbocycles. The average Bonchev–Trinajstić information content (AvgIpc) is 2.78. The molecule has 8 heteroatoms. The van der Waals surface area contributed by atoms with Crippen molar-refractivity contribution in [2.75, 3.05) is 7.11 Å². The fourth-order valence-corrected chi connectivity index (χ4v) is 6.14. The summed E-state index contributed by atoms with van der Waals surface area (Å²) in [6, 6.07) is 19.0. The van der Waals surface area contributed by atoms with Crippen LogP contribution < -0.4 is 4.74 Å². The van der Waals surface area contributed by atoms with Crippen molar-refractivity contribution >= 4 is 55.7 Å². The van der Waals surface area contributed by atoms with Crippen LogP contribution in [0.2, 0.25) is 10.0 Å². The monoisotopic (exact) mass is 489 g/mol. The number of aromatic nitrogens is 1. The molecule has 0 amide bonds. The van der Waals surface area contributed by atoms with Crippen LogP contribution in [-0.4, -0.2) is 20.5 Å². The number of ether oxygens (including phenoxy) is 1. The Bertz CT molecular complexity index is 1340. The summed E-state index contributed by atoms with van der Waals surface area (Å²) in [6.07, 6.45) is 1.42. The zero-order chi connectivity index (χ0) is 22.0. The second-order valence-electron chi connectivity index (χ2n) is 6.71. The molecule has 31 heavy (non-hydrogen) atoms. The number of hydrogen-bond donors (Lipinski definition) is 0. The quantitative estimate of drug-likeness (QED) is 0.283. The Kier molecular flexibility index (Phi) is 6.44. The Morgan fingerprint density at radius 3 is 2.23 bits per heavy atom. The van der Waals surface area contributed by atoms with Gasteiger partial charge in [0, 0.05) is 32.3 Å². The minimum Gasteiger partial charge on any atom is -0.497 e. The van der Waals surface area contributed by atoms with Crippen LogP contribution in [-0.2, 0) is 15.6 Å². The number of thioether (sulfide) groups is 1. The third-order valence-corrected chi connectivity index (χ3v) is 8.32. The predicted octanol–water partition coefficient (Wildman–Crippen LogP) is 6.68. The molecule has 1 heterocycles. The van der Waals surface area contributed by atoms with Gasteiger partial charge in [0.15, 0.2) is 0 Å². The zero-order valence-corrected chi connectivity index (χ0v) is 19.5. The minimum atomic E-state index is -3.81. The molecule has 0 fully saturated rings. The van der Waals surface area contributed by atoms with Crippen molar-refractivity contribution in [2.24, 2.45) is 0 Å². The molecule has 4 rings (SSSR count). The highest BCUT2D eigenvalue weighted by molar-refractivity contribution is 7.99. The maximum atomic E-state index is 13.5. The number of fused-ring (bicyclic) bond motifs is 1. The first-order chi connectivity index (χ1) is 14.9. The highest BCUT2D eigenvalue weighted by Crippen LogP contribution is 2.38. The summed E-state index contributed by atoms with van der Waals surface area (Å²) in [4.78, 5) is 5.33. The molecule has 0 unspecified atom stereocenters. The van der Waals surface area contributed by atoms with Gasteiger partial charge in [0.2, 0.25) is 9.84 Å². The molecule has 4 aromatic rings. The van der Waals surface area contributed by atoms with Crippen LogP contribution in [0.25, 0.3) is 10.9 Å². The number of nitrogens with zero attached hydrogens (tertiary/aromatic N) is 1. The van der Waals surface area contributed by atoms with E-state index in [0.717, 1.165) is 5.56 Å². The lowest BCUT2D eigenvalue weighted by Gasteiger charge is -2.14. The van der Waals surface area contributed by atoms with Gasteiger partial charge in [0.25, 0.3) is 0 Å². The molecule has 3 aromatic carbocycles. The number of hydrogen-bond acceptors (Lipinski definition) is 5. The van der Waals surface area contributed by atoms with Crippen molar-refractivity contribution < 1.29 is 13.2 Å². The van der Waals surface area contributed by atoms with E-state index in [0.29, 0.717) is 37.3 Å². The van der Waals surface area contributed by atoms with E-state index >= 15 is 0 Å². The maximum absolute atomic E-state index is 13.5. The van der Waals surface area contributed by atoms with Crippen molar-refractivity contribution in [3.05, 3.63) is 88.5 Å². The van der Waals surface area contributed by atoms with E-state index in [2.05, 4.69) is 4.98 Å². The molecule has 1 aromatic heterocycles. The van der Waals surface area contributed by atoms with E-state index in [-0.39, 0.29) is 9.79 Å². The summed E-state index contributed by atoms with van der Waals surface area (Å²) in [7, 11) is -2.24. The number of benzene rings is 3. The number of sulfone groups is 1. The van der Waals surface area contributed by atoms with Gasteiger partial charge < -0.3 is 4.74 Å². The lowest BCUT2D eigenvalue weighted by molar-refractivity contribution is 0.415. The molecule has 0 N–H and O–H groups in total. The van der Waals surface area contributed by atoms with E-state index in [1.165, 1.54) is 30.1 Å². The van der Waals surface area contributed by atoms with Gasteiger partial charge in [-0.3, -0.25) is 4.98 Å². The van der Waals surface area contributed by atoms with Crippen LogP contribution in [0.5, 0.6) is 5.75 Å². The SMILES string of the molecule is COc1ccc2ncc(S(=O)(=O)c3ccc(Cl)cc3)c(SCc3ccc(Cl)cc3)c2c1. The predicted molar refractivity (Wildman–Crippen MR) is 126 cm³/mol. The molecule has 0 radical (unpaired) electrons. The molecular weight excluding hydrogens is 473 g/mol. The minimum absolute atomic E-state index is 0.148. The van der Waals surface area contributed by atoms with Gasteiger partial charge >= 0.3 is 0 Å². The Balaban J connectivity index is 1.86. The van der Waals surface area contributed by atoms with Crippen molar-refractivity contribution in [1.29, 1.82) is 0 Å². The van der Waals surface area contributed by atoms with Gasteiger partial charge in [0.05, 0.1) is 17.5 Å². The highest BCUT2D eigenvalue weighted by atomic mass is 35.5. The number of halogens is 2. The summed E-state index contributed by atoms with van der Waals surface area (Å²) in [5.74, 6) is 1.19. The Morgan fingerprint density at radius 2 is 1.58 bits per heavy atom. The van der Waals surface area contributed by atoms with Crippen LogP contribution >= 0.6 is 35.0 Å². The number of rotatable bonds is 6. The molecule has 0 aliphatic rings. The zero-order valence-electron chi connectivity index (χ0n) is 16.4. The van der Waals surface area contributed by atoms with Crippen molar-refractivity contribution in [2.45, 2.75) is 20.4 Å². The maximum Gasteiger partial charge on any atom is 0.209 e. The number of pyridine rings is 1. The molecule has 0 spiro atoms. The van der Waals surface area contributed by atoms with Gasteiger partial charge in [-0.25, -0.2) is 8.42 Å². The second-order valence-corrected chi connectivity index (χ2v) is 10.5. The molecule has 0 saturated heterocycles. The first-order valence-electron chi connectivity index (χ1n) is 9.23. The van der Waals surface area contributed by atoms with Gasteiger partial charge in [0.1, 0.15) is 10.6 Å². The highest BCUT2D eigenvalue weighted by Gasteiger charge is 2.24. The van der Waals surface area contributed by atoms with Gasteiger partial charge in [-0.2, -0.15) is 0 Å². The van der Waals surface area contributed by atoms with E-state index in [1.807, 2.05) is 36.4 Å². The van der Waals surface area contributed by atoms with Crippen LogP contribution in [0.15, 0.2) is 87.6 Å². The number of methoxy groups -OCH3 is 1. The van der Waals surface area contributed by atoms with E-state index < -0.39 is 9.84 Å². The molecule has 0 aliphatic heterocycles. The van der Waals surface area contributed by atoms with Gasteiger partial charge in [-0.15, -0.1) is 11.8 Å². The third-order valence-electron chi connectivity index (χ3n) is 4.70. The summed E-state index contributed by atoms with van der Waals surface area (Å²) in [5.41, 5.74) is 1.71. The fraction of sp³-hybridized carbons (Fsp3) is 0.0870. The molecular formula is C23H17Cl2NO3S2. The lowest BCUT2D eigenvalue weighted by Crippen LogP contribution is -2.05. The van der Waals surface area contributed by atoms with Gasteiger partial charge in [-0.05, 0) is 60.2 Å². The molecule has 0 bridgehead atoms. The summed E-state index contributed by atoms with van der Waals surface area (Å²) >= 11 is 13.4. The molecule has 4 nitrogen and oxygen atoms in total. The van der Waals surface area contributed by atoms with Crippen LogP contribution in [0.3, 0.4) is 0 Å². The second kappa shape index (κ2) is 9.09. The summed E-state index contributed by atoms with van der Waals surface area (Å²) in [6.45, 7) is 0. The third kappa shape index (κ3) is 4.67. The van der Waals surface area contributed by atoms with Crippen LogP contribution in [0.4, 0.5) is 0 Å². The van der Waals surface area contributed by atoms with Crippen molar-refractivity contribution in [3.8, 4) is 5.75 Å².